The van der Waals surface area contributed by atoms with Crippen LogP contribution in [0, 0.1) is 5.92 Å². The molecule has 0 amide bonds. The number of hydrogen-bond acceptors (Lipinski definition) is 2. The van der Waals surface area contributed by atoms with Gasteiger partial charge in [-0.3, -0.25) is 0 Å². The molecule has 0 bridgehead atoms. The highest BCUT2D eigenvalue weighted by atomic mass is 35.5. The Kier molecular flexibility index (Phi) is 6.73. The summed E-state index contributed by atoms with van der Waals surface area (Å²) in [5, 5.41) is 5.15. The molecule has 0 saturated heterocycles. The Morgan fingerprint density at radius 3 is 2.95 bits per heavy atom. The smallest absolute Gasteiger partial charge is 0.0545 e. The molecule has 0 aliphatic heterocycles. The first-order chi connectivity index (χ1) is 9.70. The molecule has 0 spiro atoms. The third kappa shape index (κ3) is 4.68. The van der Waals surface area contributed by atoms with Gasteiger partial charge in [-0.25, -0.2) is 0 Å². The molecule has 2 atom stereocenters. The molecule has 1 saturated carbocycles. The molecule has 1 fully saturated rings. The molecule has 1 nitrogen and oxygen atoms in total. The van der Waals surface area contributed by atoms with E-state index >= 15 is 0 Å². The lowest BCUT2D eigenvalue weighted by molar-refractivity contribution is 0.394. The molecule has 2 rings (SSSR count). The van der Waals surface area contributed by atoms with Crippen LogP contribution in [-0.4, -0.2) is 11.8 Å². The maximum absolute atomic E-state index is 6.45. The highest BCUT2D eigenvalue weighted by molar-refractivity contribution is 8.00. The Balaban J connectivity index is 2.04. The summed E-state index contributed by atoms with van der Waals surface area (Å²) in [7, 11) is 0. The molecule has 0 heterocycles. The van der Waals surface area contributed by atoms with Gasteiger partial charge >= 0.3 is 0 Å². The summed E-state index contributed by atoms with van der Waals surface area (Å²) in [6.07, 6.45) is 6.60. The van der Waals surface area contributed by atoms with E-state index in [1.165, 1.54) is 42.6 Å². The SMILES string of the molecule is CCCNCc1cccc(Cl)c1SC1CCCC(C)C1. The van der Waals surface area contributed by atoms with Crippen LogP contribution in [0.25, 0.3) is 0 Å². The Hall–Kier alpha value is -0.180. The molecular formula is C17H26ClNS. The average molecular weight is 312 g/mol. The van der Waals surface area contributed by atoms with E-state index in [1.54, 1.807) is 0 Å². The number of nitrogens with one attached hydrogen (secondary N) is 1. The minimum absolute atomic E-state index is 0.739. The van der Waals surface area contributed by atoms with Crippen LogP contribution in [-0.2, 0) is 6.54 Å². The fraction of sp³-hybridized carbons (Fsp3) is 0.647. The lowest BCUT2D eigenvalue weighted by atomic mass is 9.91. The highest BCUT2D eigenvalue weighted by Crippen LogP contribution is 2.40. The first-order valence-corrected chi connectivity index (χ1v) is 9.11. The lowest BCUT2D eigenvalue weighted by Crippen LogP contribution is -2.17. The van der Waals surface area contributed by atoms with Gasteiger partial charge in [0.25, 0.3) is 0 Å². The van der Waals surface area contributed by atoms with Crippen molar-refractivity contribution in [3.8, 4) is 0 Å². The first-order valence-electron chi connectivity index (χ1n) is 7.85. The lowest BCUT2D eigenvalue weighted by Gasteiger charge is -2.27. The van der Waals surface area contributed by atoms with Crippen LogP contribution in [0.5, 0.6) is 0 Å². The van der Waals surface area contributed by atoms with E-state index in [0.29, 0.717) is 0 Å². The van der Waals surface area contributed by atoms with Crippen molar-refractivity contribution in [2.45, 2.75) is 62.6 Å². The maximum atomic E-state index is 6.45. The van der Waals surface area contributed by atoms with Crippen molar-refractivity contribution >= 4 is 23.4 Å². The van der Waals surface area contributed by atoms with Gasteiger partial charge in [0, 0.05) is 16.7 Å². The summed E-state index contributed by atoms with van der Waals surface area (Å²) < 4.78 is 0. The largest absolute Gasteiger partial charge is 0.313 e. The minimum Gasteiger partial charge on any atom is -0.313 e. The summed E-state index contributed by atoms with van der Waals surface area (Å²) in [5.41, 5.74) is 1.36. The number of benzene rings is 1. The molecule has 112 valence electrons. The Labute approximate surface area is 132 Å². The summed E-state index contributed by atoms with van der Waals surface area (Å²) in [5.74, 6) is 0.866. The fourth-order valence-electron chi connectivity index (χ4n) is 2.88. The summed E-state index contributed by atoms with van der Waals surface area (Å²) in [6, 6.07) is 6.31. The molecule has 3 heteroatoms. The van der Waals surface area contributed by atoms with Gasteiger partial charge in [0.1, 0.15) is 0 Å². The fourth-order valence-corrected chi connectivity index (χ4v) is 4.72. The predicted molar refractivity (Wildman–Crippen MR) is 90.7 cm³/mol. The predicted octanol–water partition coefficient (Wildman–Crippen LogP) is 5.51. The molecule has 0 aromatic heterocycles. The monoisotopic (exact) mass is 311 g/mol. The topological polar surface area (TPSA) is 12.0 Å². The van der Waals surface area contributed by atoms with E-state index in [1.807, 2.05) is 17.8 Å². The van der Waals surface area contributed by atoms with Crippen molar-refractivity contribution in [3.05, 3.63) is 28.8 Å². The highest BCUT2D eigenvalue weighted by Gasteiger charge is 2.21. The molecule has 1 aliphatic rings. The molecule has 1 N–H and O–H groups in total. The number of halogens is 1. The third-order valence-electron chi connectivity index (χ3n) is 3.96. The quantitative estimate of drug-likeness (QED) is 0.695. The van der Waals surface area contributed by atoms with Gasteiger partial charge in [-0.1, -0.05) is 50.4 Å². The van der Waals surface area contributed by atoms with Gasteiger partial charge in [0.05, 0.1) is 5.02 Å². The summed E-state index contributed by atoms with van der Waals surface area (Å²) in [4.78, 5) is 1.30. The van der Waals surface area contributed by atoms with Crippen molar-refractivity contribution < 1.29 is 0 Å². The van der Waals surface area contributed by atoms with Crippen molar-refractivity contribution in [2.75, 3.05) is 6.54 Å². The Morgan fingerprint density at radius 1 is 1.35 bits per heavy atom. The molecule has 2 unspecified atom stereocenters. The average Bonchev–Trinajstić information content (AvgIpc) is 2.43. The van der Waals surface area contributed by atoms with Crippen LogP contribution >= 0.6 is 23.4 Å². The van der Waals surface area contributed by atoms with Crippen molar-refractivity contribution in [1.29, 1.82) is 0 Å². The molecule has 1 aromatic carbocycles. The molecule has 1 aromatic rings. The second kappa shape index (κ2) is 8.31. The van der Waals surface area contributed by atoms with Crippen LogP contribution in [0.1, 0.15) is 51.5 Å². The van der Waals surface area contributed by atoms with Gasteiger partial charge in [-0.2, -0.15) is 0 Å². The van der Waals surface area contributed by atoms with E-state index in [2.05, 4.69) is 31.3 Å². The minimum atomic E-state index is 0.739. The molecular weight excluding hydrogens is 286 g/mol. The van der Waals surface area contributed by atoms with Crippen molar-refractivity contribution in [3.63, 3.8) is 0 Å². The van der Waals surface area contributed by atoms with Crippen LogP contribution < -0.4 is 5.32 Å². The van der Waals surface area contributed by atoms with Crippen LogP contribution in [0.15, 0.2) is 23.1 Å². The molecule has 1 aliphatic carbocycles. The van der Waals surface area contributed by atoms with E-state index in [4.69, 9.17) is 11.6 Å². The van der Waals surface area contributed by atoms with E-state index in [9.17, 15) is 0 Å². The zero-order valence-electron chi connectivity index (χ0n) is 12.6. The molecule has 0 radical (unpaired) electrons. The van der Waals surface area contributed by atoms with Gasteiger partial charge in [0.15, 0.2) is 0 Å². The second-order valence-electron chi connectivity index (χ2n) is 5.92. The zero-order valence-corrected chi connectivity index (χ0v) is 14.2. The van der Waals surface area contributed by atoms with Crippen molar-refractivity contribution in [2.24, 2.45) is 5.92 Å². The normalized spacial score (nSPS) is 22.9. The van der Waals surface area contributed by atoms with Gasteiger partial charge in [-0.15, -0.1) is 11.8 Å². The van der Waals surface area contributed by atoms with E-state index in [-0.39, 0.29) is 0 Å². The van der Waals surface area contributed by atoms with Crippen LogP contribution in [0.2, 0.25) is 5.02 Å². The number of thioether (sulfide) groups is 1. The van der Waals surface area contributed by atoms with Crippen LogP contribution in [0.4, 0.5) is 0 Å². The number of rotatable bonds is 6. The third-order valence-corrected chi connectivity index (χ3v) is 5.87. The van der Waals surface area contributed by atoms with Gasteiger partial charge in [0.2, 0.25) is 0 Å². The standard InChI is InChI=1S/C17H26ClNS/c1-3-10-19-12-14-7-5-9-16(18)17(14)20-15-8-4-6-13(2)11-15/h5,7,9,13,15,19H,3-4,6,8,10-12H2,1-2H3. The summed E-state index contributed by atoms with van der Waals surface area (Å²) in [6.45, 7) is 6.57. The second-order valence-corrected chi connectivity index (χ2v) is 7.63. The summed E-state index contributed by atoms with van der Waals surface area (Å²) >= 11 is 8.46. The van der Waals surface area contributed by atoms with Gasteiger partial charge in [-0.05, 0) is 43.4 Å². The Bertz CT molecular complexity index is 421. The van der Waals surface area contributed by atoms with Gasteiger partial charge < -0.3 is 5.32 Å². The van der Waals surface area contributed by atoms with E-state index < -0.39 is 0 Å². The number of hydrogen-bond donors (Lipinski definition) is 1. The van der Waals surface area contributed by atoms with Crippen LogP contribution in [0.3, 0.4) is 0 Å². The molecule has 20 heavy (non-hydrogen) atoms. The van der Waals surface area contributed by atoms with E-state index in [0.717, 1.165) is 29.3 Å². The Morgan fingerprint density at radius 2 is 2.20 bits per heavy atom. The zero-order chi connectivity index (χ0) is 14.4. The maximum Gasteiger partial charge on any atom is 0.0545 e. The first kappa shape index (κ1) is 16.2. The van der Waals surface area contributed by atoms with Crippen molar-refractivity contribution in [1.82, 2.24) is 5.32 Å².